The molecule has 4 unspecified atom stereocenters. The minimum atomic E-state index is -0.0946. The maximum absolute atomic E-state index is 10.1. The monoisotopic (exact) mass is 226 g/mol. The van der Waals surface area contributed by atoms with Crippen LogP contribution in [-0.4, -0.2) is 11.2 Å². The molecule has 0 aromatic heterocycles. The van der Waals surface area contributed by atoms with Gasteiger partial charge >= 0.3 is 0 Å². The molecule has 0 radical (unpaired) electrons. The van der Waals surface area contributed by atoms with Gasteiger partial charge in [0.25, 0.3) is 0 Å². The van der Waals surface area contributed by atoms with Crippen molar-refractivity contribution in [2.24, 2.45) is 28.6 Å². The Morgan fingerprint density at radius 1 is 0.875 bits per heavy atom. The first-order valence-corrected chi connectivity index (χ1v) is 6.73. The maximum Gasteiger partial charge on any atom is 0.0568 e. The van der Waals surface area contributed by atoms with Gasteiger partial charge in [0, 0.05) is 0 Å². The molecule has 0 aromatic carbocycles. The number of aliphatic hydroxyl groups excluding tert-OH is 1. The van der Waals surface area contributed by atoms with Gasteiger partial charge in [0.2, 0.25) is 0 Å². The zero-order valence-electron chi connectivity index (χ0n) is 12.2. The molecule has 1 fully saturated rings. The second-order valence-corrected chi connectivity index (χ2v) is 7.87. The quantitative estimate of drug-likeness (QED) is 0.659. The van der Waals surface area contributed by atoms with E-state index in [2.05, 4.69) is 48.5 Å². The summed E-state index contributed by atoms with van der Waals surface area (Å²) >= 11 is 0. The third-order valence-electron chi connectivity index (χ3n) is 4.49. The molecule has 1 nitrogen and oxygen atoms in total. The zero-order chi connectivity index (χ0) is 12.7. The SMILES string of the molecule is CC1C(O)CCC(C(C)(C)C)C1C(C)(C)C. The summed E-state index contributed by atoms with van der Waals surface area (Å²) in [5, 5.41) is 10.1. The second kappa shape index (κ2) is 4.33. The Morgan fingerprint density at radius 2 is 1.38 bits per heavy atom. The summed E-state index contributed by atoms with van der Waals surface area (Å²) in [4.78, 5) is 0. The van der Waals surface area contributed by atoms with Crippen LogP contribution in [0, 0.1) is 28.6 Å². The van der Waals surface area contributed by atoms with Crippen LogP contribution in [0.2, 0.25) is 0 Å². The van der Waals surface area contributed by atoms with E-state index >= 15 is 0 Å². The van der Waals surface area contributed by atoms with Crippen LogP contribution in [0.4, 0.5) is 0 Å². The highest BCUT2D eigenvalue weighted by Crippen LogP contribution is 2.51. The summed E-state index contributed by atoms with van der Waals surface area (Å²) in [5.41, 5.74) is 0.644. The van der Waals surface area contributed by atoms with Gasteiger partial charge in [0.15, 0.2) is 0 Å². The Kier molecular flexibility index (Phi) is 3.79. The molecule has 0 amide bonds. The first kappa shape index (κ1) is 14.0. The summed E-state index contributed by atoms with van der Waals surface area (Å²) < 4.78 is 0. The van der Waals surface area contributed by atoms with E-state index in [4.69, 9.17) is 0 Å². The van der Waals surface area contributed by atoms with Crippen molar-refractivity contribution in [2.45, 2.75) is 67.4 Å². The number of hydrogen-bond acceptors (Lipinski definition) is 1. The van der Waals surface area contributed by atoms with Crippen LogP contribution in [0.1, 0.15) is 61.3 Å². The van der Waals surface area contributed by atoms with Crippen LogP contribution in [0.5, 0.6) is 0 Å². The molecule has 0 aliphatic heterocycles. The van der Waals surface area contributed by atoms with E-state index in [0.29, 0.717) is 22.7 Å². The lowest BCUT2D eigenvalue weighted by atomic mass is 9.55. The van der Waals surface area contributed by atoms with Crippen LogP contribution >= 0.6 is 0 Å². The molecular formula is C15H30O. The summed E-state index contributed by atoms with van der Waals surface area (Å²) in [7, 11) is 0. The first-order chi connectivity index (χ1) is 7.05. The van der Waals surface area contributed by atoms with E-state index in [-0.39, 0.29) is 6.10 Å². The summed E-state index contributed by atoms with van der Waals surface area (Å²) in [5.74, 6) is 1.78. The van der Waals surface area contributed by atoms with Crippen LogP contribution in [0.3, 0.4) is 0 Å². The Morgan fingerprint density at radius 3 is 1.75 bits per heavy atom. The topological polar surface area (TPSA) is 20.2 Å². The van der Waals surface area contributed by atoms with Crippen LogP contribution in [0.25, 0.3) is 0 Å². The third-order valence-corrected chi connectivity index (χ3v) is 4.49. The molecule has 1 rings (SSSR count). The Balaban J connectivity index is 3.00. The predicted octanol–water partition coefficient (Wildman–Crippen LogP) is 4.10. The predicted molar refractivity (Wildman–Crippen MR) is 70.3 cm³/mol. The highest BCUT2D eigenvalue weighted by molar-refractivity contribution is 4.95. The van der Waals surface area contributed by atoms with Crippen molar-refractivity contribution in [3.8, 4) is 0 Å². The molecule has 0 bridgehead atoms. The van der Waals surface area contributed by atoms with Crippen molar-refractivity contribution >= 4 is 0 Å². The van der Waals surface area contributed by atoms with E-state index in [1.165, 1.54) is 6.42 Å². The molecule has 16 heavy (non-hydrogen) atoms. The zero-order valence-corrected chi connectivity index (χ0v) is 12.2. The molecule has 96 valence electrons. The van der Waals surface area contributed by atoms with Crippen LogP contribution < -0.4 is 0 Å². The van der Waals surface area contributed by atoms with Gasteiger partial charge in [-0.15, -0.1) is 0 Å². The number of aliphatic hydroxyl groups is 1. The van der Waals surface area contributed by atoms with E-state index in [0.717, 1.165) is 12.3 Å². The number of hydrogen-bond donors (Lipinski definition) is 1. The summed E-state index contributed by atoms with van der Waals surface area (Å²) in [6, 6.07) is 0. The smallest absolute Gasteiger partial charge is 0.0568 e. The average Bonchev–Trinajstić information content (AvgIpc) is 2.05. The maximum atomic E-state index is 10.1. The fourth-order valence-corrected chi connectivity index (χ4v) is 3.76. The van der Waals surface area contributed by atoms with Crippen molar-refractivity contribution in [1.82, 2.24) is 0 Å². The first-order valence-electron chi connectivity index (χ1n) is 6.73. The standard InChI is InChI=1S/C15H30O/c1-10-12(16)9-8-11(14(2,3)4)13(10)15(5,6)7/h10-13,16H,8-9H2,1-7H3. The van der Waals surface area contributed by atoms with E-state index in [9.17, 15) is 5.11 Å². The minimum absolute atomic E-state index is 0.0946. The van der Waals surface area contributed by atoms with Gasteiger partial charge in [-0.3, -0.25) is 0 Å². The Hall–Kier alpha value is -0.0400. The van der Waals surface area contributed by atoms with Crippen molar-refractivity contribution in [2.75, 3.05) is 0 Å². The molecule has 1 N–H and O–H groups in total. The van der Waals surface area contributed by atoms with Gasteiger partial charge in [-0.2, -0.15) is 0 Å². The van der Waals surface area contributed by atoms with Gasteiger partial charge in [-0.25, -0.2) is 0 Å². The molecule has 0 aromatic rings. The van der Waals surface area contributed by atoms with Crippen LogP contribution in [-0.2, 0) is 0 Å². The fourth-order valence-electron chi connectivity index (χ4n) is 3.76. The van der Waals surface area contributed by atoms with Crippen molar-refractivity contribution in [1.29, 1.82) is 0 Å². The van der Waals surface area contributed by atoms with Crippen LogP contribution in [0.15, 0.2) is 0 Å². The molecule has 0 spiro atoms. The molecule has 1 aliphatic carbocycles. The van der Waals surface area contributed by atoms with Gasteiger partial charge in [0.05, 0.1) is 6.10 Å². The van der Waals surface area contributed by atoms with E-state index in [1.807, 2.05) is 0 Å². The molecule has 1 saturated carbocycles. The van der Waals surface area contributed by atoms with Crippen molar-refractivity contribution in [3.05, 3.63) is 0 Å². The van der Waals surface area contributed by atoms with E-state index < -0.39 is 0 Å². The Labute approximate surface area is 102 Å². The van der Waals surface area contributed by atoms with Gasteiger partial charge in [0.1, 0.15) is 0 Å². The van der Waals surface area contributed by atoms with Crippen molar-refractivity contribution in [3.63, 3.8) is 0 Å². The third kappa shape index (κ3) is 2.80. The molecule has 1 heteroatoms. The normalized spacial score (nSPS) is 37.5. The molecule has 0 saturated heterocycles. The largest absolute Gasteiger partial charge is 0.393 e. The summed E-state index contributed by atoms with van der Waals surface area (Å²) in [6.45, 7) is 16.3. The lowest BCUT2D eigenvalue weighted by Gasteiger charge is -2.51. The Bertz CT molecular complexity index is 231. The fraction of sp³-hybridized carbons (Fsp3) is 1.00. The highest BCUT2D eigenvalue weighted by Gasteiger charge is 2.46. The molecule has 0 heterocycles. The van der Waals surface area contributed by atoms with Gasteiger partial charge in [-0.05, 0) is 41.4 Å². The molecule has 4 atom stereocenters. The lowest BCUT2D eigenvalue weighted by molar-refractivity contribution is -0.0688. The lowest BCUT2D eigenvalue weighted by Crippen LogP contribution is -2.47. The summed E-state index contributed by atoms with van der Waals surface area (Å²) in [6.07, 6.45) is 2.06. The highest BCUT2D eigenvalue weighted by atomic mass is 16.3. The average molecular weight is 226 g/mol. The van der Waals surface area contributed by atoms with Gasteiger partial charge in [-0.1, -0.05) is 48.5 Å². The molecular weight excluding hydrogens is 196 g/mol. The van der Waals surface area contributed by atoms with E-state index in [1.54, 1.807) is 0 Å². The van der Waals surface area contributed by atoms with Crippen molar-refractivity contribution < 1.29 is 5.11 Å². The molecule has 1 aliphatic rings. The van der Waals surface area contributed by atoms with Gasteiger partial charge < -0.3 is 5.11 Å². The second-order valence-electron chi connectivity index (χ2n) is 7.87. The number of rotatable bonds is 0. The minimum Gasteiger partial charge on any atom is -0.393 e.